The lowest BCUT2D eigenvalue weighted by molar-refractivity contribution is -0.118. The van der Waals surface area contributed by atoms with Gasteiger partial charge in [-0.2, -0.15) is 0 Å². The minimum absolute atomic E-state index is 0.257. The average molecular weight is 576 g/mol. The smallest absolute Gasteiger partial charge is 0.251 e. The van der Waals surface area contributed by atoms with Crippen LogP contribution in [0.25, 0.3) is 10.6 Å². The molecule has 10 heteroatoms. The Hall–Kier alpha value is -2.78. The van der Waals surface area contributed by atoms with E-state index >= 15 is 0 Å². The number of amides is 2. The molecule has 0 aliphatic heterocycles. The molecule has 4 rings (SSSR count). The van der Waals surface area contributed by atoms with E-state index in [2.05, 4.69) is 36.8 Å². The summed E-state index contributed by atoms with van der Waals surface area (Å²) in [6.45, 7) is 0. The van der Waals surface area contributed by atoms with Gasteiger partial charge in [0.15, 0.2) is 0 Å². The summed E-state index contributed by atoms with van der Waals surface area (Å²) >= 11 is 16.7. The van der Waals surface area contributed by atoms with Crippen molar-refractivity contribution in [1.82, 2.24) is 15.5 Å². The van der Waals surface area contributed by atoms with Gasteiger partial charge in [-0.05, 0) is 35.9 Å². The van der Waals surface area contributed by atoms with Crippen LogP contribution in [0.3, 0.4) is 0 Å². The average Bonchev–Trinajstić information content (AvgIpc) is 3.30. The number of halogens is 3. The zero-order chi connectivity index (χ0) is 24.1. The van der Waals surface area contributed by atoms with Crippen molar-refractivity contribution in [3.05, 3.63) is 98.4 Å². The highest BCUT2D eigenvalue weighted by molar-refractivity contribution is 9.10. The Balaban J connectivity index is 1.52. The summed E-state index contributed by atoms with van der Waals surface area (Å²) in [7, 11) is 0. The first-order valence-electron chi connectivity index (χ1n) is 10.1. The second kappa shape index (κ2) is 11.1. The molecule has 1 heterocycles. The molecule has 1 aromatic heterocycles. The van der Waals surface area contributed by atoms with Crippen LogP contribution in [-0.2, 0) is 11.2 Å². The lowest BCUT2D eigenvalue weighted by atomic mass is 10.0. The number of anilines is 1. The molecule has 34 heavy (non-hydrogen) atoms. The van der Waals surface area contributed by atoms with Crippen molar-refractivity contribution >= 4 is 67.4 Å². The van der Waals surface area contributed by atoms with Gasteiger partial charge in [0.1, 0.15) is 11.0 Å². The Morgan fingerprint density at radius 2 is 1.68 bits per heavy atom. The summed E-state index contributed by atoms with van der Waals surface area (Å²) in [5, 5.41) is 15.4. The molecule has 0 saturated carbocycles. The van der Waals surface area contributed by atoms with Crippen LogP contribution < -0.4 is 10.6 Å². The maximum Gasteiger partial charge on any atom is 0.251 e. The third kappa shape index (κ3) is 6.21. The predicted octanol–water partition coefficient (Wildman–Crippen LogP) is 6.25. The monoisotopic (exact) mass is 574 g/mol. The number of hydrogen-bond donors (Lipinski definition) is 2. The van der Waals surface area contributed by atoms with Gasteiger partial charge in [0, 0.05) is 22.0 Å². The fraction of sp³-hybridized carbons (Fsp3) is 0.0833. The molecule has 0 radical (unpaired) electrons. The molecule has 4 aromatic rings. The molecule has 0 fully saturated rings. The highest BCUT2D eigenvalue weighted by Gasteiger charge is 2.24. The Labute approximate surface area is 218 Å². The first-order chi connectivity index (χ1) is 16.4. The Morgan fingerprint density at radius 1 is 0.941 bits per heavy atom. The molecule has 1 unspecified atom stereocenters. The van der Waals surface area contributed by atoms with Crippen molar-refractivity contribution in [2.75, 3.05) is 5.32 Å². The number of nitrogens with one attached hydrogen (secondary N) is 2. The van der Waals surface area contributed by atoms with E-state index in [-0.39, 0.29) is 11.4 Å². The van der Waals surface area contributed by atoms with Gasteiger partial charge in [-0.25, -0.2) is 0 Å². The van der Waals surface area contributed by atoms with E-state index < -0.39 is 17.9 Å². The highest BCUT2D eigenvalue weighted by Crippen LogP contribution is 2.27. The van der Waals surface area contributed by atoms with Crippen LogP contribution in [0.4, 0.5) is 5.13 Å². The van der Waals surface area contributed by atoms with Crippen LogP contribution in [0.2, 0.25) is 10.0 Å². The molecule has 2 amide bonds. The standard InChI is InChI=1S/C24H17BrCl2N4O2S/c25-17-9-6-15(7-10-17)23-30-31-24(34-23)29-22(33)20(12-14-4-2-1-3-5-14)28-21(32)16-8-11-18(26)19(27)13-16/h1-11,13,20H,12H2,(H,28,32)(H,29,31,33). The first kappa shape index (κ1) is 24.3. The van der Waals surface area contributed by atoms with Gasteiger partial charge in [0.05, 0.1) is 10.0 Å². The third-order valence-electron chi connectivity index (χ3n) is 4.83. The molecule has 0 saturated heterocycles. The van der Waals surface area contributed by atoms with Crippen LogP contribution in [0, 0.1) is 0 Å². The molecule has 172 valence electrons. The Morgan fingerprint density at radius 3 is 2.38 bits per heavy atom. The van der Waals surface area contributed by atoms with E-state index in [1.54, 1.807) is 6.07 Å². The van der Waals surface area contributed by atoms with Crippen molar-refractivity contribution in [2.45, 2.75) is 12.5 Å². The van der Waals surface area contributed by atoms with Crippen LogP contribution in [-0.4, -0.2) is 28.1 Å². The van der Waals surface area contributed by atoms with Crippen molar-refractivity contribution in [3.8, 4) is 10.6 Å². The summed E-state index contributed by atoms with van der Waals surface area (Å²) in [4.78, 5) is 26.0. The normalized spacial score (nSPS) is 11.6. The molecular formula is C24H17BrCl2N4O2S. The second-order valence-electron chi connectivity index (χ2n) is 7.25. The van der Waals surface area contributed by atoms with Gasteiger partial charge >= 0.3 is 0 Å². The number of carbonyl (C=O) groups is 2. The minimum Gasteiger partial charge on any atom is -0.340 e. The fourth-order valence-electron chi connectivity index (χ4n) is 3.11. The van der Waals surface area contributed by atoms with Crippen molar-refractivity contribution in [3.63, 3.8) is 0 Å². The zero-order valence-corrected chi connectivity index (χ0v) is 21.4. The molecule has 1 atom stereocenters. The molecule has 3 aromatic carbocycles. The van der Waals surface area contributed by atoms with E-state index in [0.29, 0.717) is 20.7 Å². The zero-order valence-electron chi connectivity index (χ0n) is 17.5. The van der Waals surface area contributed by atoms with E-state index in [4.69, 9.17) is 23.2 Å². The van der Waals surface area contributed by atoms with Gasteiger partial charge in [-0.1, -0.05) is 92.9 Å². The van der Waals surface area contributed by atoms with Gasteiger partial charge in [-0.15, -0.1) is 10.2 Å². The molecule has 0 bridgehead atoms. The van der Waals surface area contributed by atoms with Crippen LogP contribution in [0.1, 0.15) is 15.9 Å². The Bertz CT molecular complexity index is 1320. The number of aromatic nitrogens is 2. The van der Waals surface area contributed by atoms with Crippen molar-refractivity contribution < 1.29 is 9.59 Å². The van der Waals surface area contributed by atoms with E-state index in [1.807, 2.05) is 54.6 Å². The van der Waals surface area contributed by atoms with Gasteiger partial charge in [0.25, 0.3) is 5.91 Å². The van der Waals surface area contributed by atoms with Crippen molar-refractivity contribution in [1.29, 1.82) is 0 Å². The highest BCUT2D eigenvalue weighted by atomic mass is 79.9. The molecule has 0 aliphatic carbocycles. The minimum atomic E-state index is -0.857. The number of hydrogen-bond acceptors (Lipinski definition) is 5. The molecule has 0 spiro atoms. The fourth-order valence-corrected chi connectivity index (χ4v) is 4.43. The summed E-state index contributed by atoms with van der Waals surface area (Å²) in [6.07, 6.45) is 0.290. The number of carbonyl (C=O) groups excluding carboxylic acids is 2. The molecular weight excluding hydrogens is 559 g/mol. The third-order valence-corrected chi connectivity index (χ3v) is 6.99. The van der Waals surface area contributed by atoms with Crippen LogP contribution in [0.15, 0.2) is 77.3 Å². The summed E-state index contributed by atoms with van der Waals surface area (Å²) < 4.78 is 0.954. The van der Waals surface area contributed by atoms with E-state index in [1.165, 1.54) is 23.5 Å². The molecule has 0 aliphatic rings. The predicted molar refractivity (Wildman–Crippen MR) is 140 cm³/mol. The maximum atomic E-state index is 13.2. The lowest BCUT2D eigenvalue weighted by Gasteiger charge is -2.18. The number of nitrogens with zero attached hydrogens (tertiary/aromatic N) is 2. The van der Waals surface area contributed by atoms with Crippen LogP contribution >= 0.6 is 50.5 Å². The summed E-state index contributed by atoms with van der Waals surface area (Å²) in [6, 6.07) is 20.7. The van der Waals surface area contributed by atoms with Gasteiger partial charge in [0.2, 0.25) is 11.0 Å². The quantitative estimate of drug-likeness (QED) is 0.273. The SMILES string of the molecule is O=C(NC(Cc1ccccc1)C(=O)Nc1nnc(-c2ccc(Br)cc2)s1)c1ccc(Cl)c(Cl)c1. The van der Waals surface area contributed by atoms with Crippen molar-refractivity contribution in [2.24, 2.45) is 0 Å². The maximum absolute atomic E-state index is 13.2. The number of rotatable bonds is 7. The van der Waals surface area contributed by atoms with Gasteiger partial charge in [-0.3, -0.25) is 14.9 Å². The topological polar surface area (TPSA) is 84.0 Å². The van der Waals surface area contributed by atoms with E-state index in [9.17, 15) is 9.59 Å². The van der Waals surface area contributed by atoms with Crippen LogP contribution in [0.5, 0.6) is 0 Å². The molecule has 2 N–H and O–H groups in total. The number of benzene rings is 3. The summed E-state index contributed by atoms with van der Waals surface area (Å²) in [5.41, 5.74) is 2.08. The second-order valence-corrected chi connectivity index (χ2v) is 9.96. The van der Waals surface area contributed by atoms with Gasteiger partial charge < -0.3 is 5.32 Å². The Kier molecular flexibility index (Phi) is 7.95. The van der Waals surface area contributed by atoms with E-state index in [0.717, 1.165) is 15.6 Å². The largest absolute Gasteiger partial charge is 0.340 e. The molecule has 6 nitrogen and oxygen atoms in total. The lowest BCUT2D eigenvalue weighted by Crippen LogP contribution is -2.45. The summed E-state index contributed by atoms with van der Waals surface area (Å²) in [5.74, 6) is -0.849. The first-order valence-corrected chi connectivity index (χ1v) is 12.5.